The molecule has 0 fully saturated rings. The van der Waals surface area contributed by atoms with E-state index >= 15 is 4.79 Å². The lowest BCUT2D eigenvalue weighted by atomic mass is 9.67. The van der Waals surface area contributed by atoms with Gasteiger partial charge in [-0.05, 0) is 30.3 Å². The molecule has 2 aliphatic heterocycles. The normalized spacial score (nSPS) is 16.8. The third kappa shape index (κ3) is 3.54. The second kappa shape index (κ2) is 10.1. The van der Waals surface area contributed by atoms with Gasteiger partial charge in [-0.25, -0.2) is 14.6 Å². The van der Waals surface area contributed by atoms with Crippen LogP contribution in [0.25, 0.3) is 38.5 Å². The van der Waals surface area contributed by atoms with Crippen LogP contribution in [0.3, 0.4) is 0 Å². The lowest BCUT2D eigenvalue weighted by Crippen LogP contribution is -2.46. The maximum absolute atomic E-state index is 15.5. The number of benzene rings is 5. The van der Waals surface area contributed by atoms with Crippen LogP contribution in [0, 0.1) is 11.3 Å². The number of anilines is 1. The molecule has 1 unspecified atom stereocenters. The first kappa shape index (κ1) is 27.5. The highest BCUT2D eigenvalue weighted by Crippen LogP contribution is 2.58. The van der Waals surface area contributed by atoms with Crippen LogP contribution in [0.1, 0.15) is 16.8 Å². The first-order chi connectivity index (χ1) is 23.6. The summed E-state index contributed by atoms with van der Waals surface area (Å²) in [4.78, 5) is 27.3. The molecular formula is C37H24N8O3. The van der Waals surface area contributed by atoms with Gasteiger partial charge in [0.2, 0.25) is 11.8 Å². The van der Waals surface area contributed by atoms with E-state index in [1.54, 1.807) is 22.9 Å². The van der Waals surface area contributed by atoms with Crippen LogP contribution >= 0.6 is 0 Å². The molecule has 2 N–H and O–H groups in total. The first-order valence-electron chi connectivity index (χ1n) is 15.2. The van der Waals surface area contributed by atoms with Crippen molar-refractivity contribution >= 4 is 44.4 Å². The van der Waals surface area contributed by atoms with Gasteiger partial charge in [-0.15, -0.1) is 5.10 Å². The number of carbonyl (C=O) groups is 1. The number of ether oxygens (including phenoxy) is 2. The minimum absolute atomic E-state index is 0.0159. The number of para-hydroxylation sites is 5. The summed E-state index contributed by atoms with van der Waals surface area (Å²) in [6, 6.07) is 32.4. The van der Waals surface area contributed by atoms with E-state index in [-0.39, 0.29) is 23.9 Å². The molecule has 230 valence electrons. The molecule has 5 aromatic carbocycles. The molecule has 9 rings (SSSR count). The molecule has 1 amide bonds. The molecule has 11 heteroatoms. The molecule has 2 aliphatic rings. The van der Waals surface area contributed by atoms with Crippen LogP contribution in [0.15, 0.2) is 115 Å². The number of aromatic nitrogens is 5. The van der Waals surface area contributed by atoms with Crippen LogP contribution in [-0.2, 0) is 16.8 Å². The van der Waals surface area contributed by atoms with Crippen LogP contribution in [0.2, 0.25) is 0 Å². The zero-order valence-corrected chi connectivity index (χ0v) is 25.5. The van der Waals surface area contributed by atoms with E-state index < -0.39 is 5.41 Å². The van der Waals surface area contributed by atoms with Crippen LogP contribution in [0.4, 0.5) is 5.69 Å². The van der Waals surface area contributed by atoms with Gasteiger partial charge >= 0.3 is 0 Å². The predicted octanol–water partition coefficient (Wildman–Crippen LogP) is 5.44. The molecule has 0 radical (unpaired) electrons. The summed E-state index contributed by atoms with van der Waals surface area (Å²) in [5, 5.41) is 20.8. The summed E-state index contributed by atoms with van der Waals surface area (Å²) in [5.74, 6) is 0.435. The summed E-state index contributed by atoms with van der Waals surface area (Å²) in [5.41, 5.74) is 10.2. The minimum atomic E-state index is -1.69. The number of hydrogen-bond donors (Lipinski definition) is 1. The molecule has 1 atom stereocenters. The number of carbonyl (C=O) groups excluding carboxylic acids is 1. The topological polar surface area (TPSA) is 145 Å². The fourth-order valence-electron chi connectivity index (χ4n) is 7.18. The highest BCUT2D eigenvalue weighted by Gasteiger charge is 2.60. The van der Waals surface area contributed by atoms with Crippen LogP contribution in [0.5, 0.6) is 11.5 Å². The van der Waals surface area contributed by atoms with Crippen molar-refractivity contribution in [1.29, 1.82) is 5.26 Å². The second-order valence-electron chi connectivity index (χ2n) is 11.6. The van der Waals surface area contributed by atoms with Crippen molar-refractivity contribution < 1.29 is 14.3 Å². The Bertz CT molecular complexity index is 2590. The molecular weight excluding hydrogens is 604 g/mol. The number of nitriles is 1. The molecule has 48 heavy (non-hydrogen) atoms. The highest BCUT2D eigenvalue weighted by molar-refractivity contribution is 6.20. The number of rotatable bonds is 4. The van der Waals surface area contributed by atoms with Crippen molar-refractivity contribution in [1.82, 2.24) is 25.0 Å². The quantitative estimate of drug-likeness (QED) is 0.199. The highest BCUT2D eigenvalue weighted by atomic mass is 16.5. The Morgan fingerprint density at radius 3 is 2.31 bits per heavy atom. The largest absolute Gasteiger partial charge is 0.494 e. The van der Waals surface area contributed by atoms with Gasteiger partial charge in [0.05, 0.1) is 47.6 Å². The summed E-state index contributed by atoms with van der Waals surface area (Å²) in [7, 11) is 1.59. The average Bonchev–Trinajstić information content (AvgIpc) is 3.68. The minimum Gasteiger partial charge on any atom is -0.494 e. The van der Waals surface area contributed by atoms with Crippen molar-refractivity contribution in [3.63, 3.8) is 0 Å². The van der Waals surface area contributed by atoms with Gasteiger partial charge in [0.1, 0.15) is 34.2 Å². The van der Waals surface area contributed by atoms with E-state index in [1.807, 2.05) is 97.1 Å². The van der Waals surface area contributed by atoms with Crippen molar-refractivity contribution in [3.8, 4) is 23.3 Å². The smallest absolute Gasteiger partial charge is 0.248 e. The molecule has 0 bridgehead atoms. The average molecular weight is 629 g/mol. The van der Waals surface area contributed by atoms with Crippen LogP contribution in [-0.4, -0.2) is 38.0 Å². The summed E-state index contributed by atoms with van der Waals surface area (Å²) < 4.78 is 13.6. The molecule has 11 nitrogen and oxygen atoms in total. The van der Waals surface area contributed by atoms with Gasteiger partial charge in [-0.3, -0.25) is 4.79 Å². The maximum atomic E-state index is 15.5. The number of amides is 1. The van der Waals surface area contributed by atoms with Crippen molar-refractivity contribution in [3.05, 3.63) is 132 Å². The predicted molar refractivity (Wildman–Crippen MR) is 178 cm³/mol. The molecule has 7 aromatic rings. The van der Waals surface area contributed by atoms with E-state index in [9.17, 15) is 5.26 Å². The summed E-state index contributed by atoms with van der Waals surface area (Å²) >= 11 is 0. The molecule has 2 aromatic heterocycles. The number of methoxy groups -OCH3 is 1. The Kier molecular flexibility index (Phi) is 5.79. The van der Waals surface area contributed by atoms with E-state index in [1.165, 1.54) is 0 Å². The van der Waals surface area contributed by atoms with E-state index in [0.29, 0.717) is 67.1 Å². The fourth-order valence-corrected chi connectivity index (χ4v) is 7.18. The van der Waals surface area contributed by atoms with Crippen LogP contribution < -0.4 is 20.1 Å². The Hall–Kier alpha value is -6.80. The van der Waals surface area contributed by atoms with Gasteiger partial charge in [-0.1, -0.05) is 71.9 Å². The molecule has 1 spiro atoms. The lowest BCUT2D eigenvalue weighted by molar-refractivity contribution is -0.121. The Morgan fingerprint density at radius 1 is 0.875 bits per heavy atom. The van der Waals surface area contributed by atoms with Crippen molar-refractivity contribution in [2.24, 2.45) is 5.73 Å². The van der Waals surface area contributed by atoms with Gasteiger partial charge in [0.25, 0.3) is 0 Å². The second-order valence-corrected chi connectivity index (χ2v) is 11.6. The monoisotopic (exact) mass is 628 g/mol. The zero-order valence-electron chi connectivity index (χ0n) is 25.5. The molecule has 0 saturated heterocycles. The fraction of sp³-hybridized carbons (Fsp3) is 0.0811. The lowest BCUT2D eigenvalue weighted by Gasteiger charge is -2.35. The molecule has 0 aliphatic carbocycles. The van der Waals surface area contributed by atoms with E-state index in [4.69, 9.17) is 25.2 Å². The Balaban J connectivity index is 1.35. The summed E-state index contributed by atoms with van der Waals surface area (Å²) in [6.45, 7) is 0.0809. The Morgan fingerprint density at radius 2 is 1.54 bits per heavy atom. The third-order valence-corrected chi connectivity index (χ3v) is 9.20. The van der Waals surface area contributed by atoms with Gasteiger partial charge in [-0.2, -0.15) is 5.26 Å². The van der Waals surface area contributed by atoms with E-state index in [0.717, 1.165) is 5.39 Å². The standard InChI is InChI=1S/C37H24N8O3/c1-47-30-17-9-8-16-29(30)45-21(19-40-43-45)20-44-28-15-7-4-12-24(28)37(36(44)46)25(18-38)35(39)48-34-23-11-3-2-10-22(23)32-33(31(34)37)42-27-14-6-5-13-26(27)41-32/h2-17,19H,20,39H2,1H3. The van der Waals surface area contributed by atoms with Gasteiger partial charge in [0.15, 0.2) is 0 Å². The molecule has 0 saturated carbocycles. The number of nitrogens with zero attached hydrogens (tertiary/aromatic N) is 7. The first-order valence-corrected chi connectivity index (χ1v) is 15.2. The summed E-state index contributed by atoms with van der Waals surface area (Å²) in [6.07, 6.45) is 1.61. The molecule has 4 heterocycles. The van der Waals surface area contributed by atoms with Crippen molar-refractivity contribution in [2.75, 3.05) is 12.0 Å². The number of fused-ring (bicyclic) bond motifs is 10. The zero-order chi connectivity index (χ0) is 32.6. The number of hydrogen-bond acceptors (Lipinski definition) is 9. The Labute approximate surface area is 273 Å². The number of nitrogens with two attached hydrogens (primary N) is 1. The third-order valence-electron chi connectivity index (χ3n) is 9.20. The van der Waals surface area contributed by atoms with E-state index in [2.05, 4.69) is 16.4 Å². The maximum Gasteiger partial charge on any atom is 0.248 e. The van der Waals surface area contributed by atoms with Crippen molar-refractivity contribution in [2.45, 2.75) is 12.0 Å². The van der Waals surface area contributed by atoms with Gasteiger partial charge < -0.3 is 20.1 Å². The SMILES string of the molecule is COc1ccccc1-n1nncc1CN1C(=O)C2(C(C#N)=C(N)Oc3c2c2nc4ccccc4nc2c2ccccc32)c2ccccc21. The van der Waals surface area contributed by atoms with Gasteiger partial charge in [0, 0.05) is 27.6 Å².